The van der Waals surface area contributed by atoms with Gasteiger partial charge in [0.25, 0.3) is 0 Å². The van der Waals surface area contributed by atoms with Crippen LogP contribution in [-0.2, 0) is 4.79 Å². The number of aliphatic hydroxyl groups is 1. The molecule has 0 aliphatic heterocycles. The van der Waals surface area contributed by atoms with Gasteiger partial charge < -0.3 is 10.2 Å². The van der Waals surface area contributed by atoms with Crippen LogP contribution in [0.4, 0.5) is 0 Å². The number of aliphatic hydroxyl groups excluding tert-OH is 1. The van der Waals surface area contributed by atoms with E-state index in [-0.39, 0.29) is 0 Å². The van der Waals surface area contributed by atoms with Gasteiger partial charge in [0.2, 0.25) is 0 Å². The molecule has 4 heteroatoms. The van der Waals surface area contributed by atoms with E-state index >= 15 is 0 Å². The first-order valence-electron chi connectivity index (χ1n) is 5.34. The number of benzene rings is 2. The first-order chi connectivity index (χ1) is 8.58. The Hall–Kier alpha value is -1.84. The number of carbonyl (C=O) groups is 1. The van der Waals surface area contributed by atoms with Gasteiger partial charge in [-0.05, 0) is 28.8 Å². The van der Waals surface area contributed by atoms with Crippen molar-refractivity contribution in [1.29, 1.82) is 0 Å². The maximum Gasteiger partial charge on any atom is 0.337 e. The monoisotopic (exact) mass is 262 g/mol. The Bertz CT molecular complexity index is 564. The SMILES string of the molecule is O=C(O)[C@H](O)c1ccc(-c2cccc(Cl)c2)cc1. The normalized spacial score (nSPS) is 12.1. The second-order valence-electron chi connectivity index (χ2n) is 3.87. The molecule has 2 aromatic rings. The lowest BCUT2D eigenvalue weighted by molar-refractivity contribution is -0.146. The second kappa shape index (κ2) is 5.21. The van der Waals surface area contributed by atoms with Crippen molar-refractivity contribution in [2.45, 2.75) is 6.10 Å². The van der Waals surface area contributed by atoms with Crippen molar-refractivity contribution in [2.24, 2.45) is 0 Å². The van der Waals surface area contributed by atoms with E-state index < -0.39 is 12.1 Å². The van der Waals surface area contributed by atoms with Gasteiger partial charge >= 0.3 is 5.97 Å². The van der Waals surface area contributed by atoms with Crippen LogP contribution in [0.15, 0.2) is 48.5 Å². The predicted molar refractivity (Wildman–Crippen MR) is 69.5 cm³/mol. The zero-order chi connectivity index (χ0) is 13.1. The molecular weight excluding hydrogens is 252 g/mol. The van der Waals surface area contributed by atoms with Gasteiger partial charge in [0.05, 0.1) is 0 Å². The molecule has 1 atom stereocenters. The summed E-state index contributed by atoms with van der Waals surface area (Å²) in [7, 11) is 0. The van der Waals surface area contributed by atoms with E-state index in [1.807, 2.05) is 18.2 Å². The van der Waals surface area contributed by atoms with Crippen LogP contribution in [0.5, 0.6) is 0 Å². The van der Waals surface area contributed by atoms with Gasteiger partial charge in [-0.15, -0.1) is 0 Å². The number of halogens is 1. The Balaban J connectivity index is 2.30. The fourth-order valence-electron chi connectivity index (χ4n) is 1.67. The van der Waals surface area contributed by atoms with Gasteiger partial charge in [0.1, 0.15) is 0 Å². The summed E-state index contributed by atoms with van der Waals surface area (Å²) in [6.45, 7) is 0. The van der Waals surface area contributed by atoms with Crippen molar-refractivity contribution in [1.82, 2.24) is 0 Å². The first-order valence-corrected chi connectivity index (χ1v) is 5.72. The van der Waals surface area contributed by atoms with Crippen molar-refractivity contribution in [3.8, 4) is 11.1 Å². The van der Waals surface area contributed by atoms with Gasteiger partial charge in [-0.2, -0.15) is 0 Å². The van der Waals surface area contributed by atoms with E-state index in [1.54, 1.807) is 30.3 Å². The third-order valence-electron chi connectivity index (χ3n) is 2.62. The number of hydrogen-bond acceptors (Lipinski definition) is 2. The topological polar surface area (TPSA) is 57.5 Å². The van der Waals surface area contributed by atoms with Crippen molar-refractivity contribution in [3.05, 3.63) is 59.1 Å². The number of carboxylic acids is 1. The molecule has 0 aromatic heterocycles. The van der Waals surface area contributed by atoms with Crippen molar-refractivity contribution in [2.75, 3.05) is 0 Å². The zero-order valence-corrected chi connectivity index (χ0v) is 10.1. The highest BCUT2D eigenvalue weighted by molar-refractivity contribution is 6.30. The number of aliphatic carboxylic acids is 1. The number of rotatable bonds is 3. The fraction of sp³-hybridized carbons (Fsp3) is 0.0714. The lowest BCUT2D eigenvalue weighted by atomic mass is 10.0. The van der Waals surface area contributed by atoms with Crippen LogP contribution in [0.2, 0.25) is 5.02 Å². The predicted octanol–water partition coefficient (Wildman–Crippen LogP) is 3.13. The van der Waals surface area contributed by atoms with Gasteiger partial charge in [-0.1, -0.05) is 48.0 Å². The van der Waals surface area contributed by atoms with Crippen LogP contribution < -0.4 is 0 Å². The highest BCUT2D eigenvalue weighted by atomic mass is 35.5. The molecule has 2 aromatic carbocycles. The zero-order valence-electron chi connectivity index (χ0n) is 9.38. The highest BCUT2D eigenvalue weighted by Crippen LogP contribution is 2.24. The molecule has 0 aliphatic carbocycles. The van der Waals surface area contributed by atoms with Crippen molar-refractivity contribution >= 4 is 17.6 Å². The molecule has 0 unspecified atom stereocenters. The molecular formula is C14H11ClO3. The molecule has 0 heterocycles. The van der Waals surface area contributed by atoms with E-state index in [4.69, 9.17) is 16.7 Å². The number of carboxylic acid groups (broad SMARTS) is 1. The third kappa shape index (κ3) is 2.70. The van der Waals surface area contributed by atoms with Crippen LogP contribution in [0.3, 0.4) is 0 Å². The minimum atomic E-state index is -1.49. The molecule has 3 nitrogen and oxygen atoms in total. The smallest absolute Gasteiger partial charge is 0.337 e. The largest absolute Gasteiger partial charge is 0.479 e. The van der Waals surface area contributed by atoms with Crippen LogP contribution in [0.25, 0.3) is 11.1 Å². The standard InChI is InChI=1S/C14H11ClO3/c15-12-3-1-2-11(8-12)9-4-6-10(7-5-9)13(16)14(17)18/h1-8,13,16H,(H,17,18)/t13-/m1/s1. The quantitative estimate of drug-likeness (QED) is 0.893. The summed E-state index contributed by atoms with van der Waals surface area (Å²) in [5.41, 5.74) is 2.21. The Kier molecular flexibility index (Phi) is 3.65. The Labute approximate surface area is 109 Å². The molecule has 18 heavy (non-hydrogen) atoms. The van der Waals surface area contributed by atoms with E-state index in [9.17, 15) is 9.90 Å². The van der Waals surface area contributed by atoms with Crippen molar-refractivity contribution in [3.63, 3.8) is 0 Å². The minimum Gasteiger partial charge on any atom is -0.479 e. The molecule has 92 valence electrons. The van der Waals surface area contributed by atoms with E-state index in [2.05, 4.69) is 0 Å². The summed E-state index contributed by atoms with van der Waals surface area (Å²) >= 11 is 5.90. The molecule has 0 radical (unpaired) electrons. The van der Waals surface area contributed by atoms with Gasteiger partial charge in [-0.3, -0.25) is 0 Å². The van der Waals surface area contributed by atoms with Crippen LogP contribution in [0.1, 0.15) is 11.7 Å². The molecule has 0 amide bonds. The van der Waals surface area contributed by atoms with Crippen molar-refractivity contribution < 1.29 is 15.0 Å². The average molecular weight is 263 g/mol. The fourth-order valence-corrected chi connectivity index (χ4v) is 1.86. The Morgan fingerprint density at radius 3 is 2.28 bits per heavy atom. The summed E-state index contributed by atoms with van der Waals surface area (Å²) in [4.78, 5) is 10.6. The molecule has 0 spiro atoms. The van der Waals surface area contributed by atoms with E-state index in [0.29, 0.717) is 10.6 Å². The summed E-state index contributed by atoms with van der Waals surface area (Å²) in [6, 6.07) is 14.1. The third-order valence-corrected chi connectivity index (χ3v) is 2.85. The summed E-state index contributed by atoms with van der Waals surface area (Å²) < 4.78 is 0. The van der Waals surface area contributed by atoms with Gasteiger partial charge in [0.15, 0.2) is 6.10 Å². The maximum absolute atomic E-state index is 10.6. The van der Waals surface area contributed by atoms with Gasteiger partial charge in [0, 0.05) is 5.02 Å². The lowest BCUT2D eigenvalue weighted by Crippen LogP contribution is -2.09. The molecule has 0 bridgehead atoms. The summed E-state index contributed by atoms with van der Waals surface area (Å²) in [5.74, 6) is -1.26. The van der Waals surface area contributed by atoms with Crippen LogP contribution >= 0.6 is 11.6 Å². The second-order valence-corrected chi connectivity index (χ2v) is 4.31. The van der Waals surface area contributed by atoms with E-state index in [0.717, 1.165) is 11.1 Å². The molecule has 0 saturated carbocycles. The molecule has 0 aliphatic rings. The van der Waals surface area contributed by atoms with Gasteiger partial charge in [-0.25, -0.2) is 4.79 Å². The Morgan fingerprint density at radius 2 is 1.72 bits per heavy atom. The molecule has 2 rings (SSSR count). The number of hydrogen-bond donors (Lipinski definition) is 2. The molecule has 0 saturated heterocycles. The van der Waals surface area contributed by atoms with E-state index in [1.165, 1.54) is 0 Å². The first kappa shape index (κ1) is 12.6. The highest BCUT2D eigenvalue weighted by Gasteiger charge is 2.15. The molecule has 2 N–H and O–H groups in total. The average Bonchev–Trinajstić information content (AvgIpc) is 2.38. The van der Waals surface area contributed by atoms with Crippen LogP contribution in [-0.4, -0.2) is 16.2 Å². The summed E-state index contributed by atoms with van der Waals surface area (Å²) in [5, 5.41) is 18.7. The summed E-state index contributed by atoms with van der Waals surface area (Å²) in [6.07, 6.45) is -1.49. The lowest BCUT2D eigenvalue weighted by Gasteiger charge is -2.07. The minimum absolute atomic E-state index is 0.355. The molecule has 0 fully saturated rings. The Morgan fingerprint density at radius 1 is 1.06 bits per heavy atom. The van der Waals surface area contributed by atoms with Crippen LogP contribution in [0, 0.1) is 0 Å². The maximum atomic E-state index is 10.6.